The second kappa shape index (κ2) is 5.65. The van der Waals surface area contributed by atoms with Gasteiger partial charge in [-0.15, -0.1) is 0 Å². The highest BCUT2D eigenvalue weighted by Gasteiger charge is 2.27. The molecule has 1 aliphatic carbocycles. The summed E-state index contributed by atoms with van der Waals surface area (Å²) in [6, 6.07) is 8.16. The van der Waals surface area contributed by atoms with Gasteiger partial charge >= 0.3 is 0 Å². The Morgan fingerprint density at radius 2 is 2.00 bits per heavy atom. The van der Waals surface area contributed by atoms with Gasteiger partial charge in [0, 0.05) is 18.5 Å². The van der Waals surface area contributed by atoms with Crippen LogP contribution in [0.3, 0.4) is 0 Å². The number of para-hydroxylation sites is 1. The third-order valence-electron chi connectivity index (χ3n) is 3.96. The zero-order valence-electron chi connectivity index (χ0n) is 12.2. The zero-order chi connectivity index (χ0) is 13.9. The molecule has 4 heteroatoms. The molecular weight excluding hydrogens is 248 g/mol. The van der Waals surface area contributed by atoms with Crippen LogP contribution in [0.1, 0.15) is 26.7 Å². The molecule has 4 nitrogen and oxygen atoms in total. The molecule has 1 fully saturated rings. The maximum Gasteiger partial charge on any atom is 0.225 e. The summed E-state index contributed by atoms with van der Waals surface area (Å²) in [5, 5.41) is 7.81. The number of aromatic nitrogens is 2. The molecule has 20 heavy (non-hydrogen) atoms. The minimum absolute atomic E-state index is 0.702. The van der Waals surface area contributed by atoms with Crippen molar-refractivity contribution >= 4 is 22.7 Å². The molecule has 106 valence electrons. The smallest absolute Gasteiger partial charge is 0.225 e. The Kier molecular flexibility index (Phi) is 3.72. The van der Waals surface area contributed by atoms with Crippen LogP contribution in [0.25, 0.3) is 10.9 Å². The van der Waals surface area contributed by atoms with Crippen LogP contribution in [0, 0.1) is 11.8 Å². The fourth-order valence-electron chi connectivity index (χ4n) is 2.54. The van der Waals surface area contributed by atoms with Crippen LogP contribution in [0.4, 0.5) is 11.8 Å². The van der Waals surface area contributed by atoms with Crippen LogP contribution in [0.2, 0.25) is 0 Å². The van der Waals surface area contributed by atoms with Gasteiger partial charge in [0.1, 0.15) is 5.82 Å². The van der Waals surface area contributed by atoms with Crippen LogP contribution >= 0.6 is 0 Å². The molecule has 1 aromatic carbocycles. The van der Waals surface area contributed by atoms with Crippen molar-refractivity contribution in [3.63, 3.8) is 0 Å². The Hall–Kier alpha value is -1.84. The molecule has 2 aromatic rings. The number of hydrogen-bond donors (Lipinski definition) is 2. The molecule has 0 spiro atoms. The van der Waals surface area contributed by atoms with Crippen molar-refractivity contribution in [1.29, 1.82) is 0 Å². The molecule has 2 N–H and O–H groups in total. The van der Waals surface area contributed by atoms with E-state index >= 15 is 0 Å². The quantitative estimate of drug-likeness (QED) is 0.843. The van der Waals surface area contributed by atoms with Gasteiger partial charge in [-0.2, -0.15) is 4.98 Å². The third kappa shape index (κ3) is 2.84. The van der Waals surface area contributed by atoms with Crippen LogP contribution in [0.15, 0.2) is 24.3 Å². The van der Waals surface area contributed by atoms with Crippen molar-refractivity contribution in [2.45, 2.75) is 26.7 Å². The SMILES string of the molecule is CCNc1nc(NCC(C)C2CC2)c2ccccc2n1. The van der Waals surface area contributed by atoms with E-state index in [0.717, 1.165) is 35.7 Å². The summed E-state index contributed by atoms with van der Waals surface area (Å²) in [6.07, 6.45) is 2.77. The maximum atomic E-state index is 4.61. The van der Waals surface area contributed by atoms with E-state index in [1.165, 1.54) is 12.8 Å². The van der Waals surface area contributed by atoms with Gasteiger partial charge < -0.3 is 10.6 Å². The molecule has 3 rings (SSSR count). The van der Waals surface area contributed by atoms with E-state index in [0.29, 0.717) is 11.9 Å². The molecule has 0 saturated heterocycles. The molecule has 0 bridgehead atoms. The van der Waals surface area contributed by atoms with E-state index in [2.05, 4.69) is 40.5 Å². The van der Waals surface area contributed by atoms with Crippen molar-refractivity contribution in [3.05, 3.63) is 24.3 Å². The maximum absolute atomic E-state index is 4.61. The summed E-state index contributed by atoms with van der Waals surface area (Å²) in [4.78, 5) is 9.15. The normalized spacial score (nSPS) is 16.1. The third-order valence-corrected chi connectivity index (χ3v) is 3.96. The first-order chi connectivity index (χ1) is 9.78. The van der Waals surface area contributed by atoms with Crippen molar-refractivity contribution in [2.75, 3.05) is 23.7 Å². The molecular formula is C16H22N4. The Morgan fingerprint density at radius 1 is 1.20 bits per heavy atom. The predicted octanol–water partition coefficient (Wildman–Crippen LogP) is 3.52. The minimum Gasteiger partial charge on any atom is -0.369 e. The van der Waals surface area contributed by atoms with Gasteiger partial charge in [0.15, 0.2) is 0 Å². The zero-order valence-corrected chi connectivity index (χ0v) is 12.2. The Bertz CT molecular complexity index is 592. The Labute approximate surface area is 120 Å². The lowest BCUT2D eigenvalue weighted by Crippen LogP contribution is -2.15. The van der Waals surface area contributed by atoms with Gasteiger partial charge in [0.05, 0.1) is 5.52 Å². The van der Waals surface area contributed by atoms with E-state index in [1.54, 1.807) is 0 Å². The first-order valence-electron chi connectivity index (χ1n) is 7.52. The molecule has 1 aliphatic rings. The number of nitrogens with zero attached hydrogens (tertiary/aromatic N) is 2. The average molecular weight is 270 g/mol. The van der Waals surface area contributed by atoms with Crippen LogP contribution in [-0.4, -0.2) is 23.1 Å². The largest absolute Gasteiger partial charge is 0.369 e. The summed E-state index contributed by atoms with van der Waals surface area (Å²) in [5.41, 5.74) is 0.986. The monoisotopic (exact) mass is 270 g/mol. The first-order valence-corrected chi connectivity index (χ1v) is 7.52. The van der Waals surface area contributed by atoms with Crippen molar-refractivity contribution in [2.24, 2.45) is 11.8 Å². The van der Waals surface area contributed by atoms with E-state index in [4.69, 9.17) is 0 Å². The summed E-state index contributed by atoms with van der Waals surface area (Å²) in [6.45, 7) is 6.19. The molecule has 1 saturated carbocycles. The van der Waals surface area contributed by atoms with E-state index in [9.17, 15) is 0 Å². The number of benzene rings is 1. The highest BCUT2D eigenvalue weighted by Crippen LogP contribution is 2.36. The van der Waals surface area contributed by atoms with Crippen molar-refractivity contribution in [1.82, 2.24) is 9.97 Å². The van der Waals surface area contributed by atoms with Gasteiger partial charge in [-0.3, -0.25) is 0 Å². The van der Waals surface area contributed by atoms with Crippen LogP contribution < -0.4 is 10.6 Å². The molecule has 1 unspecified atom stereocenters. The van der Waals surface area contributed by atoms with Crippen LogP contribution in [-0.2, 0) is 0 Å². The second-order valence-corrected chi connectivity index (χ2v) is 5.64. The number of nitrogens with one attached hydrogen (secondary N) is 2. The van der Waals surface area contributed by atoms with Gasteiger partial charge in [-0.25, -0.2) is 4.98 Å². The van der Waals surface area contributed by atoms with E-state index in [1.807, 2.05) is 18.2 Å². The standard InChI is InChI=1S/C16H22N4/c1-3-17-16-19-14-7-5-4-6-13(14)15(20-16)18-10-11(2)12-8-9-12/h4-7,11-12H,3,8-10H2,1-2H3,(H2,17,18,19,20). The summed E-state index contributed by atoms with van der Waals surface area (Å²) < 4.78 is 0. The number of hydrogen-bond acceptors (Lipinski definition) is 4. The fourth-order valence-corrected chi connectivity index (χ4v) is 2.54. The highest BCUT2D eigenvalue weighted by molar-refractivity contribution is 5.89. The molecule has 1 heterocycles. The topological polar surface area (TPSA) is 49.8 Å². The summed E-state index contributed by atoms with van der Waals surface area (Å²) >= 11 is 0. The molecule has 0 amide bonds. The minimum atomic E-state index is 0.702. The Balaban J connectivity index is 1.85. The van der Waals surface area contributed by atoms with Gasteiger partial charge in [0.2, 0.25) is 5.95 Å². The average Bonchev–Trinajstić information content (AvgIpc) is 3.29. The number of anilines is 2. The van der Waals surface area contributed by atoms with Gasteiger partial charge in [-0.1, -0.05) is 19.1 Å². The predicted molar refractivity (Wildman–Crippen MR) is 84.1 cm³/mol. The van der Waals surface area contributed by atoms with Crippen molar-refractivity contribution in [3.8, 4) is 0 Å². The highest BCUT2D eigenvalue weighted by atomic mass is 15.1. The number of fused-ring (bicyclic) bond motifs is 1. The molecule has 1 atom stereocenters. The van der Waals surface area contributed by atoms with Gasteiger partial charge in [0.25, 0.3) is 0 Å². The summed E-state index contributed by atoms with van der Waals surface area (Å²) in [7, 11) is 0. The first kappa shape index (κ1) is 13.2. The van der Waals surface area contributed by atoms with Crippen molar-refractivity contribution < 1.29 is 0 Å². The lowest BCUT2D eigenvalue weighted by molar-refractivity contribution is 0.536. The van der Waals surface area contributed by atoms with Gasteiger partial charge in [-0.05, 0) is 43.7 Å². The fraction of sp³-hybridized carbons (Fsp3) is 0.500. The van der Waals surface area contributed by atoms with E-state index < -0.39 is 0 Å². The Morgan fingerprint density at radius 3 is 2.75 bits per heavy atom. The lowest BCUT2D eigenvalue weighted by atomic mass is 10.1. The summed E-state index contributed by atoms with van der Waals surface area (Å²) in [5.74, 6) is 3.27. The molecule has 0 aliphatic heterocycles. The number of rotatable bonds is 6. The lowest BCUT2D eigenvalue weighted by Gasteiger charge is -2.14. The molecule has 0 radical (unpaired) electrons. The van der Waals surface area contributed by atoms with Crippen LogP contribution in [0.5, 0.6) is 0 Å². The molecule has 1 aromatic heterocycles. The van der Waals surface area contributed by atoms with E-state index in [-0.39, 0.29) is 0 Å². The second-order valence-electron chi connectivity index (χ2n) is 5.64.